The fourth-order valence-electron chi connectivity index (χ4n) is 11.3. The molecule has 0 N–H and O–H groups in total. The molecule has 2 nitrogen and oxygen atoms in total. The minimum absolute atomic E-state index is 0.0909. The standard InChI is InChI=1S/C22H28O2/c1-21-15-9-5-3-7-11(9)17-13(15)14-16(21)10-6-4-8-12(10)18(14)22(17,2)20(24)19(21)23/h9-18H,3-8H2,1-2H3/t9-,10-,11-,12-,13?,14?,15-,16-,17+,18+,21?,22?/m0/s1. The van der Waals surface area contributed by atoms with Crippen molar-refractivity contribution in [1.82, 2.24) is 0 Å². The largest absolute Gasteiger partial charge is 0.290 e. The molecule has 2 heteroatoms. The molecule has 0 spiro atoms. The molecule has 0 aromatic carbocycles. The summed E-state index contributed by atoms with van der Waals surface area (Å²) in [5, 5.41) is 0. The van der Waals surface area contributed by atoms with E-state index in [-0.39, 0.29) is 22.4 Å². The van der Waals surface area contributed by atoms with E-state index in [9.17, 15) is 9.59 Å². The SMILES string of the molecule is CC12C(=O)C(=O)C3(C)[C@H]4C(C5[C@@H]1[C@H]1CCC[C@@H]1[C@H]53)[C@@H]2[C@H]1CCC[C@@H]14. The molecule has 0 aromatic rings. The molecule has 8 saturated carbocycles. The lowest BCUT2D eigenvalue weighted by Gasteiger charge is -2.46. The van der Waals surface area contributed by atoms with Gasteiger partial charge in [-0.25, -0.2) is 0 Å². The highest BCUT2D eigenvalue weighted by Crippen LogP contribution is 2.86. The number of ketones is 2. The summed E-state index contributed by atoms with van der Waals surface area (Å²) in [7, 11) is 0. The van der Waals surface area contributed by atoms with Crippen LogP contribution in [0.3, 0.4) is 0 Å². The Kier molecular flexibility index (Phi) is 2.02. The van der Waals surface area contributed by atoms with Gasteiger partial charge in [0.1, 0.15) is 0 Å². The Morgan fingerprint density at radius 2 is 0.917 bits per heavy atom. The van der Waals surface area contributed by atoms with Gasteiger partial charge < -0.3 is 0 Å². The van der Waals surface area contributed by atoms with Gasteiger partial charge in [0.2, 0.25) is 11.6 Å². The van der Waals surface area contributed by atoms with Crippen LogP contribution >= 0.6 is 0 Å². The number of carbonyl (C=O) groups is 2. The number of rotatable bonds is 0. The molecule has 0 radical (unpaired) electrons. The van der Waals surface area contributed by atoms with Crippen LogP contribution in [0.5, 0.6) is 0 Å². The average Bonchev–Trinajstić information content (AvgIpc) is 3.29. The summed E-state index contributed by atoms with van der Waals surface area (Å²) in [6.45, 7) is 4.56. The van der Waals surface area contributed by atoms with Crippen molar-refractivity contribution in [2.45, 2.75) is 52.4 Å². The second-order valence-corrected chi connectivity index (χ2v) is 11.0. The number of hydrogen-bond donors (Lipinski definition) is 0. The van der Waals surface area contributed by atoms with E-state index in [0.29, 0.717) is 23.7 Å². The van der Waals surface area contributed by atoms with Crippen LogP contribution < -0.4 is 0 Å². The van der Waals surface area contributed by atoms with Gasteiger partial charge in [-0.3, -0.25) is 9.59 Å². The van der Waals surface area contributed by atoms with E-state index in [1.165, 1.54) is 38.5 Å². The first-order valence-corrected chi connectivity index (χ1v) is 10.6. The third-order valence-electron chi connectivity index (χ3n) is 11.2. The Morgan fingerprint density at radius 1 is 0.625 bits per heavy atom. The van der Waals surface area contributed by atoms with Gasteiger partial charge in [-0.1, -0.05) is 26.7 Å². The Labute approximate surface area is 144 Å². The van der Waals surface area contributed by atoms with Gasteiger partial charge in [0.25, 0.3) is 0 Å². The number of Topliss-reactive ketones (excluding diaryl/α,β-unsaturated/α-hetero) is 2. The maximum atomic E-state index is 13.6. The van der Waals surface area contributed by atoms with E-state index in [0.717, 1.165) is 35.5 Å². The predicted molar refractivity (Wildman–Crippen MR) is 88.8 cm³/mol. The van der Waals surface area contributed by atoms with Crippen LogP contribution in [0.2, 0.25) is 0 Å². The molecule has 10 atom stereocenters. The van der Waals surface area contributed by atoms with E-state index in [1.807, 2.05) is 0 Å². The van der Waals surface area contributed by atoms with E-state index >= 15 is 0 Å². The lowest BCUT2D eigenvalue weighted by molar-refractivity contribution is -0.155. The third-order valence-corrected chi connectivity index (χ3v) is 11.2. The predicted octanol–water partition coefficient (Wildman–Crippen LogP) is 3.74. The number of carbonyl (C=O) groups excluding carboxylic acids is 2. The summed E-state index contributed by atoms with van der Waals surface area (Å²) in [6.07, 6.45) is 8.05. The Bertz CT molecular complexity index is 611. The second-order valence-electron chi connectivity index (χ2n) is 11.0. The van der Waals surface area contributed by atoms with Gasteiger partial charge in [-0.15, -0.1) is 0 Å². The highest BCUT2D eigenvalue weighted by molar-refractivity contribution is 6.42. The van der Waals surface area contributed by atoms with Gasteiger partial charge in [-0.05, 0) is 84.9 Å². The summed E-state index contributed by atoms with van der Waals surface area (Å²) in [4.78, 5) is 27.1. The monoisotopic (exact) mass is 324 g/mol. The zero-order valence-corrected chi connectivity index (χ0v) is 14.8. The smallest absolute Gasteiger partial charge is 0.205 e. The first-order valence-electron chi connectivity index (χ1n) is 10.6. The molecule has 0 aromatic heterocycles. The van der Waals surface area contributed by atoms with Crippen molar-refractivity contribution in [1.29, 1.82) is 0 Å². The Morgan fingerprint density at radius 3 is 1.21 bits per heavy atom. The molecule has 8 aliphatic carbocycles. The van der Waals surface area contributed by atoms with Crippen molar-refractivity contribution in [3.63, 3.8) is 0 Å². The van der Waals surface area contributed by atoms with Gasteiger partial charge in [0, 0.05) is 10.8 Å². The van der Waals surface area contributed by atoms with Crippen LogP contribution in [0.1, 0.15) is 52.4 Å². The normalized spacial score (nSPS) is 70.4. The molecular weight excluding hydrogens is 296 g/mol. The van der Waals surface area contributed by atoms with Crippen molar-refractivity contribution < 1.29 is 9.59 Å². The molecule has 24 heavy (non-hydrogen) atoms. The topological polar surface area (TPSA) is 34.1 Å². The average molecular weight is 324 g/mol. The highest BCUT2D eigenvalue weighted by Gasteiger charge is 2.87. The quantitative estimate of drug-likeness (QED) is 0.636. The maximum Gasteiger partial charge on any atom is 0.205 e. The van der Waals surface area contributed by atoms with Crippen molar-refractivity contribution >= 4 is 11.6 Å². The third kappa shape index (κ3) is 0.971. The van der Waals surface area contributed by atoms with Gasteiger partial charge in [0.05, 0.1) is 0 Å². The first-order chi connectivity index (χ1) is 11.5. The molecule has 128 valence electrons. The minimum atomic E-state index is -0.287. The van der Waals surface area contributed by atoms with E-state index in [4.69, 9.17) is 0 Å². The van der Waals surface area contributed by atoms with Crippen molar-refractivity contribution in [3.8, 4) is 0 Å². The summed E-state index contributed by atoms with van der Waals surface area (Å²) in [5.74, 6) is 6.98. The van der Waals surface area contributed by atoms with Crippen LogP contribution in [-0.4, -0.2) is 11.6 Å². The minimum Gasteiger partial charge on any atom is -0.290 e. The summed E-state index contributed by atoms with van der Waals surface area (Å²) in [5.41, 5.74) is -0.574. The highest BCUT2D eigenvalue weighted by atomic mass is 16.2. The fraction of sp³-hybridized carbons (Fsp3) is 0.909. The first kappa shape index (κ1) is 13.5. The summed E-state index contributed by atoms with van der Waals surface area (Å²) in [6, 6.07) is 0. The number of fused-ring (bicyclic) bond motifs is 3. The van der Waals surface area contributed by atoms with Crippen molar-refractivity contribution in [3.05, 3.63) is 0 Å². The molecule has 2 unspecified atom stereocenters. The molecule has 0 aliphatic heterocycles. The molecule has 8 fully saturated rings. The Balaban J connectivity index is 1.58. The van der Waals surface area contributed by atoms with Crippen LogP contribution in [-0.2, 0) is 9.59 Å². The summed E-state index contributed by atoms with van der Waals surface area (Å²) < 4.78 is 0. The fourth-order valence-corrected chi connectivity index (χ4v) is 11.3. The molecule has 0 heterocycles. The molecule has 0 amide bonds. The summed E-state index contributed by atoms with van der Waals surface area (Å²) >= 11 is 0. The maximum absolute atomic E-state index is 13.6. The van der Waals surface area contributed by atoms with Crippen LogP contribution in [0.4, 0.5) is 0 Å². The lowest BCUT2D eigenvalue weighted by Crippen LogP contribution is -2.53. The second kappa shape index (κ2) is 3.58. The zero-order valence-electron chi connectivity index (χ0n) is 14.8. The molecule has 0 saturated heterocycles. The Hall–Kier alpha value is -0.660. The molecule has 8 rings (SSSR count). The van der Waals surface area contributed by atoms with E-state index < -0.39 is 0 Å². The van der Waals surface area contributed by atoms with E-state index in [2.05, 4.69) is 13.8 Å². The van der Waals surface area contributed by atoms with Gasteiger partial charge in [0.15, 0.2) is 0 Å². The molecule has 8 bridgehead atoms. The van der Waals surface area contributed by atoms with Crippen LogP contribution in [0.25, 0.3) is 0 Å². The molecular formula is C22H28O2. The van der Waals surface area contributed by atoms with Crippen LogP contribution in [0.15, 0.2) is 0 Å². The zero-order chi connectivity index (χ0) is 16.2. The molecule has 8 aliphatic rings. The van der Waals surface area contributed by atoms with Crippen molar-refractivity contribution in [2.75, 3.05) is 0 Å². The van der Waals surface area contributed by atoms with Gasteiger partial charge in [-0.2, -0.15) is 0 Å². The van der Waals surface area contributed by atoms with Crippen molar-refractivity contribution in [2.24, 2.45) is 70.0 Å². The van der Waals surface area contributed by atoms with Gasteiger partial charge >= 0.3 is 0 Å². The van der Waals surface area contributed by atoms with Crippen LogP contribution in [0, 0.1) is 70.0 Å². The number of hydrogen-bond acceptors (Lipinski definition) is 2. The lowest BCUT2D eigenvalue weighted by atomic mass is 9.55. The van der Waals surface area contributed by atoms with E-state index in [1.54, 1.807) is 0 Å².